The van der Waals surface area contributed by atoms with Crippen LogP contribution in [-0.4, -0.2) is 53.0 Å². The van der Waals surface area contributed by atoms with Crippen LogP contribution in [0.5, 0.6) is 0 Å². The van der Waals surface area contributed by atoms with Crippen LogP contribution in [-0.2, 0) is 33.0 Å². The molecule has 7 rings (SSSR count). The van der Waals surface area contributed by atoms with Crippen molar-refractivity contribution in [2.75, 3.05) is 16.3 Å². The van der Waals surface area contributed by atoms with Crippen LogP contribution < -0.4 is 9.80 Å². The van der Waals surface area contributed by atoms with Crippen molar-refractivity contribution in [3.63, 3.8) is 0 Å². The smallest absolute Gasteiger partial charge is 0.264 e. The van der Waals surface area contributed by atoms with Crippen molar-refractivity contribution < 1.29 is 23.5 Å². The molecule has 0 radical (unpaired) electrons. The Morgan fingerprint density at radius 1 is 1.07 bits per heavy atom. The van der Waals surface area contributed by atoms with Crippen LogP contribution >= 0.6 is 0 Å². The van der Waals surface area contributed by atoms with Crippen LogP contribution in [0.15, 0.2) is 85.1 Å². The van der Waals surface area contributed by atoms with Crippen LogP contribution in [0.25, 0.3) is 0 Å². The Morgan fingerprint density at radius 2 is 1.83 bits per heavy atom. The number of halogens is 1. The number of hydrogen-bond acceptors (Lipinski definition) is 6. The van der Waals surface area contributed by atoms with Crippen LogP contribution in [0, 0.1) is 5.92 Å². The highest BCUT2D eigenvalue weighted by Gasteiger charge is 2.66. The highest BCUT2D eigenvalue weighted by molar-refractivity contribution is 6.72. The van der Waals surface area contributed by atoms with Gasteiger partial charge in [0.1, 0.15) is 11.8 Å². The number of nitrogens with zero attached hydrogens (tertiary/aromatic N) is 5. The standard InChI is InChI=1S/C35H38FN5O4Si/c1-23-33(46(2,3)36)30(16-18-39-22-28(37-38-39)32(43)25-11-5-4-6-12-25)45-35(23)27-14-7-8-15-29(27)41(34(35)44)21-24-10-9-13-26(20-24)40-19-17-31(40)42/h4-15,20,22-23,30,32-33,43H,16-19,21H2,1-3H3/t23-,30+,32-,33-,35+/m1/s1. The van der Waals surface area contributed by atoms with Gasteiger partial charge in [0.15, 0.2) is 5.60 Å². The highest BCUT2D eigenvalue weighted by atomic mass is 28.4. The maximum absolute atomic E-state index is 16.2. The number of aliphatic hydroxyl groups excluding tert-OH is 1. The number of aliphatic hydroxyl groups is 1. The van der Waals surface area contributed by atoms with Crippen LogP contribution in [0.3, 0.4) is 0 Å². The molecule has 46 heavy (non-hydrogen) atoms. The number of aromatic nitrogens is 3. The van der Waals surface area contributed by atoms with Gasteiger partial charge in [-0.05, 0) is 48.8 Å². The number of β-lactam (4-membered cyclic amide) rings is 1. The average molecular weight is 640 g/mol. The summed E-state index contributed by atoms with van der Waals surface area (Å²) in [5, 5.41) is 19.2. The lowest BCUT2D eigenvalue weighted by Crippen LogP contribution is -2.45. The fourth-order valence-corrected chi connectivity index (χ4v) is 10.2. The van der Waals surface area contributed by atoms with Crippen molar-refractivity contribution in [1.82, 2.24) is 15.0 Å². The molecule has 4 aromatic rings. The van der Waals surface area contributed by atoms with E-state index in [0.717, 1.165) is 28.1 Å². The summed E-state index contributed by atoms with van der Waals surface area (Å²) in [4.78, 5) is 30.2. The number of benzene rings is 3. The first-order valence-electron chi connectivity index (χ1n) is 15.9. The summed E-state index contributed by atoms with van der Waals surface area (Å²) in [7, 11) is -3.33. The zero-order valence-electron chi connectivity index (χ0n) is 26.2. The van der Waals surface area contributed by atoms with Crippen molar-refractivity contribution >= 4 is 31.6 Å². The molecule has 1 spiro atoms. The lowest BCUT2D eigenvalue weighted by atomic mass is 9.82. The van der Waals surface area contributed by atoms with Crippen LogP contribution in [0.2, 0.25) is 18.6 Å². The summed E-state index contributed by atoms with van der Waals surface area (Å²) in [5.41, 5.74) is 2.65. The average Bonchev–Trinajstić information content (AvgIpc) is 3.70. The number of amides is 2. The van der Waals surface area contributed by atoms with E-state index in [1.165, 1.54) is 0 Å². The molecule has 1 N–H and O–H groups in total. The molecule has 0 saturated carbocycles. The molecule has 11 heteroatoms. The van der Waals surface area contributed by atoms with Crippen molar-refractivity contribution in [2.45, 2.75) is 69.3 Å². The van der Waals surface area contributed by atoms with E-state index in [4.69, 9.17) is 4.74 Å². The van der Waals surface area contributed by atoms with Crippen molar-refractivity contribution in [1.29, 1.82) is 0 Å². The van der Waals surface area contributed by atoms with E-state index in [1.54, 1.807) is 33.8 Å². The molecule has 0 aliphatic carbocycles. The van der Waals surface area contributed by atoms with E-state index < -0.39 is 37.7 Å². The predicted molar refractivity (Wildman–Crippen MR) is 174 cm³/mol. The number of aryl methyl sites for hydroxylation is 1. The van der Waals surface area contributed by atoms with Gasteiger partial charge >= 0.3 is 0 Å². The third kappa shape index (κ3) is 5.06. The quantitative estimate of drug-likeness (QED) is 0.147. The van der Waals surface area contributed by atoms with Gasteiger partial charge in [0.2, 0.25) is 14.3 Å². The molecule has 2 amide bonds. The van der Waals surface area contributed by atoms with E-state index in [1.807, 2.05) is 85.8 Å². The summed E-state index contributed by atoms with van der Waals surface area (Å²) in [6.45, 7) is 6.73. The van der Waals surface area contributed by atoms with Gasteiger partial charge < -0.3 is 23.8 Å². The molecule has 2 saturated heterocycles. The Bertz CT molecular complexity index is 1780. The summed E-state index contributed by atoms with van der Waals surface area (Å²) in [5.74, 6) is -0.498. The number of hydrogen-bond donors (Lipinski definition) is 1. The minimum absolute atomic E-state index is 0.0939. The Balaban J connectivity index is 1.15. The summed E-state index contributed by atoms with van der Waals surface area (Å²) in [6, 6.07) is 24.7. The molecular formula is C35H38FN5O4Si. The topological polar surface area (TPSA) is 101 Å². The molecule has 9 nitrogen and oxygen atoms in total. The van der Waals surface area contributed by atoms with E-state index in [2.05, 4.69) is 10.3 Å². The number of carbonyl (C=O) groups is 2. The van der Waals surface area contributed by atoms with E-state index >= 15 is 4.11 Å². The molecule has 1 aromatic heterocycles. The first-order valence-corrected chi connectivity index (χ1v) is 18.8. The Kier molecular flexibility index (Phi) is 7.65. The van der Waals surface area contributed by atoms with Crippen molar-refractivity contribution in [3.05, 3.63) is 107 Å². The largest absolute Gasteiger partial charge is 0.382 e. The zero-order chi connectivity index (χ0) is 32.2. The van der Waals surface area contributed by atoms with E-state index in [9.17, 15) is 14.7 Å². The second-order valence-electron chi connectivity index (χ2n) is 13.2. The summed E-state index contributed by atoms with van der Waals surface area (Å²) >= 11 is 0. The molecule has 4 heterocycles. The van der Waals surface area contributed by atoms with Gasteiger partial charge in [-0.15, -0.1) is 5.10 Å². The lowest BCUT2D eigenvalue weighted by molar-refractivity contribution is -0.146. The second-order valence-corrected chi connectivity index (χ2v) is 16.9. The molecule has 2 fully saturated rings. The fraction of sp³-hybridized carbons (Fsp3) is 0.371. The minimum atomic E-state index is -3.33. The minimum Gasteiger partial charge on any atom is -0.382 e. The molecule has 238 valence electrons. The van der Waals surface area contributed by atoms with Gasteiger partial charge in [-0.1, -0.05) is 72.8 Å². The van der Waals surface area contributed by atoms with Gasteiger partial charge in [0.05, 0.1) is 24.5 Å². The number of ether oxygens (including phenoxy) is 1. The Hall–Kier alpha value is -4.19. The van der Waals surface area contributed by atoms with Gasteiger partial charge in [-0.2, -0.15) is 0 Å². The molecular weight excluding hydrogens is 602 g/mol. The van der Waals surface area contributed by atoms with Crippen molar-refractivity contribution in [3.8, 4) is 0 Å². The molecule has 0 unspecified atom stereocenters. The van der Waals surface area contributed by atoms with E-state index in [-0.39, 0.29) is 11.8 Å². The maximum Gasteiger partial charge on any atom is 0.264 e. The summed E-state index contributed by atoms with van der Waals surface area (Å²) in [6.07, 6.45) is 1.26. The number of para-hydroxylation sites is 1. The van der Waals surface area contributed by atoms with Crippen LogP contribution in [0.4, 0.5) is 15.5 Å². The van der Waals surface area contributed by atoms with Gasteiger partial charge in [0, 0.05) is 42.2 Å². The first-order chi connectivity index (χ1) is 22.1. The molecule has 3 aliphatic rings. The highest BCUT2D eigenvalue weighted by Crippen LogP contribution is 2.60. The Morgan fingerprint density at radius 3 is 2.54 bits per heavy atom. The monoisotopic (exact) mass is 639 g/mol. The number of rotatable bonds is 9. The normalized spacial score (nSPS) is 24.8. The lowest BCUT2D eigenvalue weighted by Gasteiger charge is -2.32. The fourth-order valence-electron chi connectivity index (χ4n) is 7.64. The number of fused-ring (bicyclic) bond motifs is 2. The third-order valence-electron chi connectivity index (χ3n) is 9.88. The number of anilines is 2. The second kappa shape index (κ2) is 11.6. The summed E-state index contributed by atoms with van der Waals surface area (Å²) < 4.78 is 24.7. The van der Waals surface area contributed by atoms with Gasteiger partial charge in [-0.3, -0.25) is 14.3 Å². The van der Waals surface area contributed by atoms with Gasteiger partial charge in [0.25, 0.3) is 5.91 Å². The molecule has 0 bridgehead atoms. The zero-order valence-corrected chi connectivity index (χ0v) is 27.2. The molecule has 3 aromatic carbocycles. The molecule has 5 atom stereocenters. The van der Waals surface area contributed by atoms with Crippen LogP contribution in [0.1, 0.15) is 48.3 Å². The maximum atomic E-state index is 16.2. The SMILES string of the molecule is C[C@@H]1[C@@H]([Si](C)(C)F)[C@H](CCn2cc([C@H](O)c3ccccc3)nn2)O[C@@]12C(=O)N(Cc1cccc(N3CCC3=O)c1)c1ccccc12. The Labute approximate surface area is 268 Å². The van der Waals surface area contributed by atoms with E-state index in [0.29, 0.717) is 38.2 Å². The first kappa shape index (κ1) is 30.5. The van der Waals surface area contributed by atoms with Gasteiger partial charge in [-0.25, -0.2) is 0 Å². The van der Waals surface area contributed by atoms with Crippen molar-refractivity contribution in [2.24, 2.45) is 5.92 Å². The predicted octanol–water partition coefficient (Wildman–Crippen LogP) is 5.51. The molecule has 3 aliphatic heterocycles. The third-order valence-corrected chi connectivity index (χ3v) is 12.3. The number of carbonyl (C=O) groups excluding carboxylic acids is 2.